The Kier molecular flexibility index (Phi) is 6.57. The number of benzene rings is 2. The van der Waals surface area contributed by atoms with Gasteiger partial charge in [-0.25, -0.2) is 9.78 Å². The van der Waals surface area contributed by atoms with Gasteiger partial charge in [-0.15, -0.1) is 11.3 Å². The Labute approximate surface area is 182 Å². The van der Waals surface area contributed by atoms with Crippen molar-refractivity contribution >= 4 is 57.2 Å². The van der Waals surface area contributed by atoms with Gasteiger partial charge in [0.15, 0.2) is 5.13 Å². The van der Waals surface area contributed by atoms with Crippen molar-refractivity contribution in [2.24, 2.45) is 0 Å². The smallest absolute Gasteiger partial charge is 0.340 e. The Morgan fingerprint density at radius 3 is 2.55 bits per heavy atom. The van der Waals surface area contributed by atoms with Crippen molar-refractivity contribution in [3.8, 4) is 0 Å². The third-order valence-electron chi connectivity index (χ3n) is 4.14. The van der Waals surface area contributed by atoms with Crippen molar-refractivity contribution in [1.82, 2.24) is 4.98 Å². The first-order valence-electron chi connectivity index (χ1n) is 8.71. The van der Waals surface area contributed by atoms with E-state index in [2.05, 4.69) is 4.98 Å². The Morgan fingerprint density at radius 2 is 1.90 bits per heavy atom. The van der Waals surface area contributed by atoms with E-state index in [4.69, 9.17) is 27.9 Å². The summed E-state index contributed by atoms with van der Waals surface area (Å²) in [5.74, 6) is -0.721. The van der Waals surface area contributed by atoms with Crippen LogP contribution in [-0.4, -0.2) is 16.9 Å². The molecule has 3 aromatic rings. The first-order chi connectivity index (χ1) is 13.8. The maximum absolute atomic E-state index is 12.3. The lowest BCUT2D eigenvalue weighted by Crippen LogP contribution is -2.23. The molecule has 1 heterocycles. The number of esters is 1. The zero-order valence-electron chi connectivity index (χ0n) is 16.0. The summed E-state index contributed by atoms with van der Waals surface area (Å²) < 4.78 is 5.31. The second-order valence-electron chi connectivity index (χ2n) is 6.47. The van der Waals surface area contributed by atoms with E-state index in [-0.39, 0.29) is 23.1 Å². The zero-order valence-corrected chi connectivity index (χ0v) is 18.4. The Bertz CT molecular complexity index is 1080. The molecular weight excluding hydrogens is 431 g/mol. The number of rotatable bonds is 5. The third-order valence-corrected chi connectivity index (χ3v) is 5.56. The molecule has 0 saturated carbocycles. The molecule has 0 saturated heterocycles. The summed E-state index contributed by atoms with van der Waals surface area (Å²) in [4.78, 5) is 30.6. The van der Waals surface area contributed by atoms with Crippen LogP contribution in [0.15, 0.2) is 41.8 Å². The predicted octanol–water partition coefficient (Wildman–Crippen LogP) is 6.11. The molecule has 5 nitrogen and oxygen atoms in total. The standard InChI is InChI=1S/C21H18Cl2N2O3S/c1-12-4-7-19(13(2)8-12)25(14(3)26)21-24-16(11-29-21)10-28-20(27)17-6-5-15(22)9-18(17)23/h4-9,11H,10H2,1-3H3. The van der Waals surface area contributed by atoms with Crippen LogP contribution < -0.4 is 4.90 Å². The molecule has 0 N–H and O–H groups in total. The zero-order chi connectivity index (χ0) is 21.1. The van der Waals surface area contributed by atoms with Gasteiger partial charge in [-0.2, -0.15) is 0 Å². The minimum Gasteiger partial charge on any atom is -0.456 e. The molecule has 29 heavy (non-hydrogen) atoms. The SMILES string of the molecule is CC(=O)N(c1nc(COC(=O)c2ccc(Cl)cc2Cl)cs1)c1ccc(C)cc1C. The van der Waals surface area contributed by atoms with Gasteiger partial charge in [0.05, 0.1) is 22.0 Å². The number of aromatic nitrogens is 1. The monoisotopic (exact) mass is 448 g/mol. The van der Waals surface area contributed by atoms with Crippen molar-refractivity contribution < 1.29 is 14.3 Å². The molecule has 0 radical (unpaired) electrons. The molecule has 0 aliphatic heterocycles. The van der Waals surface area contributed by atoms with E-state index in [0.717, 1.165) is 16.8 Å². The number of anilines is 2. The predicted molar refractivity (Wildman–Crippen MR) is 116 cm³/mol. The molecule has 0 aliphatic rings. The fourth-order valence-electron chi connectivity index (χ4n) is 2.80. The highest BCUT2D eigenvalue weighted by atomic mass is 35.5. The number of nitrogens with zero attached hydrogens (tertiary/aromatic N) is 2. The van der Waals surface area contributed by atoms with Gasteiger partial charge in [0.1, 0.15) is 6.61 Å². The lowest BCUT2D eigenvalue weighted by Gasteiger charge is -2.20. The highest BCUT2D eigenvalue weighted by Gasteiger charge is 2.20. The Morgan fingerprint density at radius 1 is 1.14 bits per heavy atom. The lowest BCUT2D eigenvalue weighted by atomic mass is 10.1. The average Bonchev–Trinajstić information content (AvgIpc) is 3.10. The first-order valence-corrected chi connectivity index (χ1v) is 10.3. The quantitative estimate of drug-likeness (QED) is 0.441. The van der Waals surface area contributed by atoms with E-state index in [0.29, 0.717) is 15.8 Å². The molecule has 1 aromatic heterocycles. The van der Waals surface area contributed by atoms with Crippen LogP contribution in [-0.2, 0) is 16.1 Å². The summed E-state index contributed by atoms with van der Waals surface area (Å²) in [5, 5.41) is 2.93. The van der Waals surface area contributed by atoms with Gasteiger partial charge in [-0.3, -0.25) is 9.69 Å². The largest absolute Gasteiger partial charge is 0.456 e. The third kappa shape index (κ3) is 4.96. The van der Waals surface area contributed by atoms with E-state index < -0.39 is 5.97 Å². The molecule has 0 atom stereocenters. The molecule has 0 fully saturated rings. The maximum Gasteiger partial charge on any atom is 0.340 e. The van der Waals surface area contributed by atoms with Gasteiger partial charge in [0, 0.05) is 17.3 Å². The number of halogens is 2. The Hall–Kier alpha value is -2.41. The summed E-state index contributed by atoms with van der Waals surface area (Å²) in [6, 6.07) is 10.4. The highest BCUT2D eigenvalue weighted by molar-refractivity contribution is 7.14. The number of amides is 1. The van der Waals surface area contributed by atoms with Crippen molar-refractivity contribution in [1.29, 1.82) is 0 Å². The number of aryl methyl sites for hydroxylation is 2. The van der Waals surface area contributed by atoms with Crippen LogP contribution in [0.5, 0.6) is 0 Å². The van der Waals surface area contributed by atoms with E-state index in [1.54, 1.807) is 16.3 Å². The molecule has 150 valence electrons. The van der Waals surface area contributed by atoms with Gasteiger partial charge in [-0.1, -0.05) is 40.9 Å². The molecule has 0 unspecified atom stereocenters. The fourth-order valence-corrected chi connectivity index (χ4v) is 4.15. The van der Waals surface area contributed by atoms with Crippen LogP contribution in [0.4, 0.5) is 10.8 Å². The van der Waals surface area contributed by atoms with Crippen molar-refractivity contribution in [2.75, 3.05) is 4.90 Å². The van der Waals surface area contributed by atoms with Gasteiger partial charge < -0.3 is 4.74 Å². The number of hydrogen-bond acceptors (Lipinski definition) is 5. The van der Waals surface area contributed by atoms with Gasteiger partial charge in [0.2, 0.25) is 5.91 Å². The number of carbonyl (C=O) groups excluding carboxylic acids is 2. The number of thiazole rings is 1. The molecule has 2 aromatic carbocycles. The highest BCUT2D eigenvalue weighted by Crippen LogP contribution is 2.32. The molecule has 3 rings (SSSR count). The second-order valence-corrected chi connectivity index (χ2v) is 8.15. The van der Waals surface area contributed by atoms with Crippen LogP contribution in [0, 0.1) is 13.8 Å². The summed E-state index contributed by atoms with van der Waals surface area (Å²) in [6.07, 6.45) is 0. The summed E-state index contributed by atoms with van der Waals surface area (Å²) in [6.45, 7) is 5.40. The number of hydrogen-bond donors (Lipinski definition) is 0. The molecule has 0 bridgehead atoms. The van der Waals surface area contributed by atoms with Crippen LogP contribution in [0.2, 0.25) is 10.0 Å². The van der Waals surface area contributed by atoms with E-state index in [9.17, 15) is 9.59 Å². The molecule has 0 aliphatic carbocycles. The van der Waals surface area contributed by atoms with Gasteiger partial charge in [-0.05, 0) is 43.7 Å². The van der Waals surface area contributed by atoms with E-state index in [1.165, 1.54) is 30.4 Å². The summed E-state index contributed by atoms with van der Waals surface area (Å²) >= 11 is 13.2. The molecule has 8 heteroatoms. The lowest BCUT2D eigenvalue weighted by molar-refractivity contribution is -0.115. The Balaban J connectivity index is 1.76. The summed E-state index contributed by atoms with van der Waals surface area (Å²) in [7, 11) is 0. The maximum atomic E-state index is 12.3. The fraction of sp³-hybridized carbons (Fsp3) is 0.190. The topological polar surface area (TPSA) is 59.5 Å². The van der Waals surface area contributed by atoms with Crippen LogP contribution in [0.1, 0.15) is 34.1 Å². The van der Waals surface area contributed by atoms with Crippen molar-refractivity contribution in [3.63, 3.8) is 0 Å². The first kappa shape index (κ1) is 21.3. The van der Waals surface area contributed by atoms with Gasteiger partial charge >= 0.3 is 5.97 Å². The van der Waals surface area contributed by atoms with Crippen LogP contribution in [0.3, 0.4) is 0 Å². The molecule has 0 spiro atoms. The van der Waals surface area contributed by atoms with Crippen molar-refractivity contribution in [3.05, 3.63) is 74.2 Å². The number of ether oxygens (including phenoxy) is 1. The van der Waals surface area contributed by atoms with Crippen LogP contribution >= 0.6 is 34.5 Å². The number of carbonyl (C=O) groups is 2. The minimum absolute atomic E-state index is 0.0348. The minimum atomic E-state index is -0.570. The molecule has 1 amide bonds. The van der Waals surface area contributed by atoms with E-state index in [1.807, 2.05) is 32.0 Å². The van der Waals surface area contributed by atoms with Crippen LogP contribution in [0.25, 0.3) is 0 Å². The molecular formula is C21H18Cl2N2O3S. The van der Waals surface area contributed by atoms with E-state index >= 15 is 0 Å². The van der Waals surface area contributed by atoms with Crippen molar-refractivity contribution in [2.45, 2.75) is 27.4 Å². The second kappa shape index (κ2) is 8.95. The van der Waals surface area contributed by atoms with Gasteiger partial charge in [0.25, 0.3) is 0 Å². The normalized spacial score (nSPS) is 10.7. The average molecular weight is 449 g/mol. The summed E-state index contributed by atoms with van der Waals surface area (Å²) in [5.41, 5.74) is 3.63.